The molecule has 104 valence electrons. The number of fused-ring (bicyclic) bond motifs is 1. The van der Waals surface area contributed by atoms with E-state index < -0.39 is 0 Å². The van der Waals surface area contributed by atoms with Gasteiger partial charge in [-0.2, -0.15) is 0 Å². The molecule has 2 aliphatic rings. The van der Waals surface area contributed by atoms with Crippen LogP contribution in [-0.4, -0.2) is 26.8 Å². The van der Waals surface area contributed by atoms with Crippen molar-refractivity contribution in [3.63, 3.8) is 0 Å². The van der Waals surface area contributed by atoms with Crippen LogP contribution < -0.4 is 10.1 Å². The van der Waals surface area contributed by atoms with Gasteiger partial charge in [0.05, 0.1) is 19.3 Å². The van der Waals surface area contributed by atoms with Gasteiger partial charge >= 0.3 is 0 Å². The van der Waals surface area contributed by atoms with E-state index in [1.807, 2.05) is 6.07 Å². The van der Waals surface area contributed by atoms with Gasteiger partial charge in [0.15, 0.2) is 0 Å². The van der Waals surface area contributed by atoms with E-state index in [1.54, 1.807) is 7.11 Å². The van der Waals surface area contributed by atoms with Crippen LogP contribution in [0.3, 0.4) is 0 Å². The molecule has 1 saturated carbocycles. The zero-order valence-corrected chi connectivity index (χ0v) is 11.7. The molecule has 0 spiro atoms. The Balaban J connectivity index is 1.99. The number of nitrogens with one attached hydrogen (secondary N) is 1. The van der Waals surface area contributed by atoms with Crippen LogP contribution in [-0.2, 0) is 10.3 Å². The third-order valence-electron chi connectivity index (χ3n) is 4.60. The van der Waals surface area contributed by atoms with Crippen LogP contribution in [0.15, 0.2) is 24.3 Å². The number of ether oxygens (including phenoxy) is 2. The van der Waals surface area contributed by atoms with Gasteiger partial charge in [-0.05, 0) is 30.5 Å². The molecule has 0 aromatic heterocycles. The molecule has 1 aromatic rings. The van der Waals surface area contributed by atoms with Gasteiger partial charge in [-0.25, -0.2) is 0 Å². The number of methoxy groups -OCH3 is 1. The summed E-state index contributed by atoms with van der Waals surface area (Å²) >= 11 is 0. The highest BCUT2D eigenvalue weighted by molar-refractivity contribution is 5.33. The molecule has 0 bridgehead atoms. The van der Waals surface area contributed by atoms with Crippen LogP contribution in [0.4, 0.5) is 0 Å². The Hall–Kier alpha value is -1.06. The van der Waals surface area contributed by atoms with Crippen molar-refractivity contribution in [1.29, 1.82) is 0 Å². The molecule has 1 heterocycles. The normalized spacial score (nSPS) is 31.3. The Bertz CT molecular complexity index is 435. The lowest BCUT2D eigenvalue weighted by Crippen LogP contribution is -2.42. The van der Waals surface area contributed by atoms with Crippen LogP contribution in [0.25, 0.3) is 0 Å². The molecule has 0 unspecified atom stereocenters. The fourth-order valence-electron chi connectivity index (χ4n) is 3.60. The smallest absolute Gasteiger partial charge is 0.119 e. The van der Waals surface area contributed by atoms with Gasteiger partial charge < -0.3 is 14.8 Å². The fraction of sp³-hybridized carbons (Fsp3) is 0.625. The van der Waals surface area contributed by atoms with Crippen molar-refractivity contribution in [1.82, 2.24) is 5.32 Å². The van der Waals surface area contributed by atoms with Crippen molar-refractivity contribution in [2.45, 2.75) is 31.3 Å². The van der Waals surface area contributed by atoms with E-state index in [-0.39, 0.29) is 5.60 Å². The third-order valence-corrected chi connectivity index (χ3v) is 4.60. The summed E-state index contributed by atoms with van der Waals surface area (Å²) in [4.78, 5) is 0. The van der Waals surface area contributed by atoms with Gasteiger partial charge in [0.25, 0.3) is 0 Å². The number of rotatable bonds is 2. The standard InChI is InChI=1S/C16H23NO2/c1-18-15-7-4-6-13(11-15)16-8-3-2-5-14(16)12-17-9-10-19-16/h4,6-7,11,14,17H,2-3,5,8-10,12H2,1H3/t14-,16+/m0/s1. The Kier molecular flexibility index (Phi) is 3.76. The monoisotopic (exact) mass is 261 g/mol. The number of hydrogen-bond donors (Lipinski definition) is 1. The van der Waals surface area contributed by atoms with Gasteiger partial charge in [-0.15, -0.1) is 0 Å². The molecule has 3 nitrogen and oxygen atoms in total. The second-order valence-corrected chi connectivity index (χ2v) is 5.62. The van der Waals surface area contributed by atoms with Gasteiger partial charge in [0, 0.05) is 19.0 Å². The number of benzene rings is 1. The summed E-state index contributed by atoms with van der Waals surface area (Å²) < 4.78 is 11.7. The molecule has 1 aliphatic heterocycles. The highest BCUT2D eigenvalue weighted by Crippen LogP contribution is 2.45. The maximum atomic E-state index is 6.36. The molecule has 3 rings (SSSR count). The Morgan fingerprint density at radius 1 is 1.37 bits per heavy atom. The summed E-state index contributed by atoms with van der Waals surface area (Å²) in [5.74, 6) is 1.51. The molecule has 1 aliphatic carbocycles. The lowest BCUT2D eigenvalue weighted by Gasteiger charge is -2.43. The van der Waals surface area contributed by atoms with Crippen LogP contribution in [0.5, 0.6) is 5.75 Å². The van der Waals surface area contributed by atoms with Gasteiger partial charge in [-0.3, -0.25) is 0 Å². The highest BCUT2D eigenvalue weighted by Gasteiger charge is 2.44. The van der Waals surface area contributed by atoms with Crippen molar-refractivity contribution in [3.05, 3.63) is 29.8 Å². The van der Waals surface area contributed by atoms with E-state index in [2.05, 4.69) is 23.5 Å². The summed E-state index contributed by atoms with van der Waals surface area (Å²) in [6.07, 6.45) is 4.96. The molecule has 2 atom stereocenters. The summed E-state index contributed by atoms with van der Waals surface area (Å²) in [5.41, 5.74) is 1.19. The fourth-order valence-corrected chi connectivity index (χ4v) is 3.60. The Labute approximate surface area is 115 Å². The van der Waals surface area contributed by atoms with E-state index >= 15 is 0 Å². The molecule has 0 radical (unpaired) electrons. The highest BCUT2D eigenvalue weighted by atomic mass is 16.5. The van der Waals surface area contributed by atoms with Gasteiger partial charge in [-0.1, -0.05) is 25.0 Å². The first-order valence-electron chi connectivity index (χ1n) is 7.34. The second-order valence-electron chi connectivity index (χ2n) is 5.62. The quantitative estimate of drug-likeness (QED) is 0.888. The van der Waals surface area contributed by atoms with E-state index in [4.69, 9.17) is 9.47 Å². The summed E-state index contributed by atoms with van der Waals surface area (Å²) in [6.45, 7) is 2.83. The lowest BCUT2D eigenvalue weighted by molar-refractivity contribution is -0.101. The first-order valence-corrected chi connectivity index (χ1v) is 7.34. The van der Waals surface area contributed by atoms with Gasteiger partial charge in [0.2, 0.25) is 0 Å². The summed E-state index contributed by atoms with van der Waals surface area (Å²) in [7, 11) is 1.73. The number of hydrogen-bond acceptors (Lipinski definition) is 3. The maximum absolute atomic E-state index is 6.36. The van der Waals surface area contributed by atoms with Crippen molar-refractivity contribution in [2.24, 2.45) is 5.92 Å². The Morgan fingerprint density at radius 2 is 2.32 bits per heavy atom. The van der Waals surface area contributed by atoms with Crippen molar-refractivity contribution in [2.75, 3.05) is 26.8 Å². The second kappa shape index (κ2) is 5.51. The molecule has 1 aromatic carbocycles. The van der Waals surface area contributed by atoms with Crippen LogP contribution >= 0.6 is 0 Å². The topological polar surface area (TPSA) is 30.5 Å². The van der Waals surface area contributed by atoms with Crippen LogP contribution in [0.1, 0.15) is 31.2 Å². The molecule has 1 saturated heterocycles. The minimum absolute atomic E-state index is 0.101. The predicted molar refractivity (Wildman–Crippen MR) is 75.5 cm³/mol. The third kappa shape index (κ3) is 2.37. The average Bonchev–Trinajstić information content (AvgIpc) is 2.70. The first-order chi connectivity index (χ1) is 9.35. The lowest BCUT2D eigenvalue weighted by atomic mass is 9.71. The molecular formula is C16H23NO2. The van der Waals surface area contributed by atoms with E-state index in [1.165, 1.54) is 24.8 Å². The minimum Gasteiger partial charge on any atom is -0.497 e. The first kappa shape index (κ1) is 12.9. The molecular weight excluding hydrogens is 238 g/mol. The molecule has 2 fully saturated rings. The predicted octanol–water partition coefficient (Wildman–Crippen LogP) is 2.70. The van der Waals surface area contributed by atoms with E-state index in [0.717, 1.165) is 31.9 Å². The molecule has 0 amide bonds. The van der Waals surface area contributed by atoms with Crippen LogP contribution in [0, 0.1) is 5.92 Å². The molecule has 19 heavy (non-hydrogen) atoms. The largest absolute Gasteiger partial charge is 0.497 e. The van der Waals surface area contributed by atoms with Crippen molar-refractivity contribution < 1.29 is 9.47 Å². The van der Waals surface area contributed by atoms with Crippen molar-refractivity contribution >= 4 is 0 Å². The maximum Gasteiger partial charge on any atom is 0.119 e. The van der Waals surface area contributed by atoms with E-state index in [0.29, 0.717) is 5.92 Å². The summed E-state index contributed by atoms with van der Waals surface area (Å²) in [5, 5.41) is 3.51. The summed E-state index contributed by atoms with van der Waals surface area (Å²) in [6, 6.07) is 8.44. The van der Waals surface area contributed by atoms with Gasteiger partial charge in [0.1, 0.15) is 5.75 Å². The Morgan fingerprint density at radius 3 is 3.21 bits per heavy atom. The molecule has 3 heteroatoms. The minimum atomic E-state index is -0.101. The average molecular weight is 261 g/mol. The van der Waals surface area contributed by atoms with Crippen molar-refractivity contribution in [3.8, 4) is 5.75 Å². The van der Waals surface area contributed by atoms with E-state index in [9.17, 15) is 0 Å². The zero-order valence-electron chi connectivity index (χ0n) is 11.7. The molecule has 1 N–H and O–H groups in total. The SMILES string of the molecule is COc1cccc([C@]23CCCC[C@H]2CNCCO3)c1. The zero-order chi connectivity index (χ0) is 13.1. The van der Waals surface area contributed by atoms with Crippen LogP contribution in [0.2, 0.25) is 0 Å².